The number of nitrogens with zero attached hydrogens (tertiary/aromatic N) is 2. The quantitative estimate of drug-likeness (QED) is 0.843. The van der Waals surface area contributed by atoms with Gasteiger partial charge in [0.05, 0.1) is 12.0 Å². The largest absolute Gasteiger partial charge is 0.383 e. The van der Waals surface area contributed by atoms with Crippen LogP contribution in [0.1, 0.15) is 28.6 Å². The second-order valence-corrected chi connectivity index (χ2v) is 5.69. The van der Waals surface area contributed by atoms with Gasteiger partial charge in [0.1, 0.15) is 16.5 Å². The highest BCUT2D eigenvalue weighted by atomic mass is 32.1. The fraction of sp³-hybridized carbons (Fsp3) is 0.500. The molecule has 5 heteroatoms. The minimum absolute atomic E-state index is 0.310. The maximum atomic E-state index is 6.05. The Bertz CT molecular complexity index is 573. The standard InChI is InChI=1S/C12H15N3OS/c1-6-7(2)17-12-9(6)10(13)14-11(15-12)8-3-4-16-5-8/h8H,3-5H2,1-2H3,(H2,13,14,15). The van der Waals surface area contributed by atoms with Crippen molar-refractivity contribution in [3.05, 3.63) is 16.3 Å². The van der Waals surface area contributed by atoms with Gasteiger partial charge >= 0.3 is 0 Å². The van der Waals surface area contributed by atoms with Gasteiger partial charge in [0.25, 0.3) is 0 Å². The highest BCUT2D eigenvalue weighted by Crippen LogP contribution is 2.34. The summed E-state index contributed by atoms with van der Waals surface area (Å²) in [4.78, 5) is 11.4. The molecule has 3 heterocycles. The molecule has 3 rings (SSSR count). The molecule has 0 radical (unpaired) electrons. The Hall–Kier alpha value is -1.20. The highest BCUT2D eigenvalue weighted by molar-refractivity contribution is 7.18. The van der Waals surface area contributed by atoms with Crippen LogP contribution >= 0.6 is 11.3 Å². The van der Waals surface area contributed by atoms with Crippen LogP contribution in [-0.2, 0) is 4.74 Å². The lowest BCUT2D eigenvalue weighted by Crippen LogP contribution is -2.06. The molecule has 0 saturated carbocycles. The van der Waals surface area contributed by atoms with Crippen LogP contribution < -0.4 is 5.73 Å². The van der Waals surface area contributed by atoms with E-state index in [-0.39, 0.29) is 0 Å². The predicted octanol–water partition coefficient (Wildman–Crippen LogP) is 2.39. The Balaban J connectivity index is 2.16. The molecule has 0 spiro atoms. The van der Waals surface area contributed by atoms with Gasteiger partial charge in [-0.3, -0.25) is 0 Å². The molecular formula is C12H15N3OS. The molecule has 90 valence electrons. The lowest BCUT2D eigenvalue weighted by Gasteiger charge is -2.07. The molecule has 1 aliphatic rings. The van der Waals surface area contributed by atoms with Gasteiger partial charge in [0.2, 0.25) is 0 Å². The molecule has 2 N–H and O–H groups in total. The SMILES string of the molecule is Cc1sc2nc(C3CCOC3)nc(N)c2c1C. The fourth-order valence-electron chi connectivity index (χ4n) is 2.22. The number of nitrogens with two attached hydrogens (primary N) is 1. The van der Waals surface area contributed by atoms with E-state index >= 15 is 0 Å². The van der Waals surface area contributed by atoms with Gasteiger partial charge in [-0.25, -0.2) is 9.97 Å². The zero-order valence-corrected chi connectivity index (χ0v) is 10.8. The molecule has 0 aliphatic carbocycles. The van der Waals surface area contributed by atoms with Crippen molar-refractivity contribution >= 4 is 27.4 Å². The normalized spacial score (nSPS) is 20.2. The number of thiophene rings is 1. The van der Waals surface area contributed by atoms with E-state index in [0.29, 0.717) is 18.3 Å². The molecule has 1 fully saturated rings. The molecule has 17 heavy (non-hydrogen) atoms. The van der Waals surface area contributed by atoms with Crippen LogP contribution in [0.5, 0.6) is 0 Å². The molecular weight excluding hydrogens is 234 g/mol. The van der Waals surface area contributed by atoms with E-state index in [9.17, 15) is 0 Å². The summed E-state index contributed by atoms with van der Waals surface area (Å²) in [5, 5.41) is 1.02. The van der Waals surface area contributed by atoms with Crippen LogP contribution in [0.4, 0.5) is 5.82 Å². The summed E-state index contributed by atoms with van der Waals surface area (Å²) in [5.41, 5.74) is 7.26. The topological polar surface area (TPSA) is 61.0 Å². The van der Waals surface area contributed by atoms with Gasteiger partial charge < -0.3 is 10.5 Å². The van der Waals surface area contributed by atoms with Crippen LogP contribution in [0.2, 0.25) is 0 Å². The Morgan fingerprint density at radius 2 is 2.18 bits per heavy atom. The molecule has 1 saturated heterocycles. The average Bonchev–Trinajstić information content (AvgIpc) is 2.88. The molecule has 1 aliphatic heterocycles. The van der Waals surface area contributed by atoms with Crippen molar-refractivity contribution in [3.8, 4) is 0 Å². The minimum Gasteiger partial charge on any atom is -0.383 e. The molecule has 1 atom stereocenters. The monoisotopic (exact) mass is 249 g/mol. The third-order valence-electron chi connectivity index (χ3n) is 3.37. The number of ether oxygens (including phenoxy) is 1. The van der Waals surface area contributed by atoms with Gasteiger partial charge in [0.15, 0.2) is 0 Å². The van der Waals surface area contributed by atoms with Crippen LogP contribution in [0.15, 0.2) is 0 Å². The summed E-state index contributed by atoms with van der Waals surface area (Å²) in [6, 6.07) is 0. The van der Waals surface area contributed by atoms with Gasteiger partial charge in [0, 0.05) is 17.4 Å². The van der Waals surface area contributed by atoms with E-state index in [4.69, 9.17) is 10.5 Å². The van der Waals surface area contributed by atoms with E-state index < -0.39 is 0 Å². The molecule has 0 amide bonds. The number of fused-ring (bicyclic) bond motifs is 1. The minimum atomic E-state index is 0.310. The van der Waals surface area contributed by atoms with Crippen LogP contribution in [-0.4, -0.2) is 23.2 Å². The zero-order valence-electron chi connectivity index (χ0n) is 9.99. The molecule has 2 aromatic heterocycles. The number of aryl methyl sites for hydroxylation is 2. The number of nitrogen functional groups attached to an aromatic ring is 1. The van der Waals surface area contributed by atoms with E-state index in [2.05, 4.69) is 23.8 Å². The van der Waals surface area contributed by atoms with E-state index in [1.54, 1.807) is 11.3 Å². The van der Waals surface area contributed by atoms with Gasteiger partial charge in [-0.2, -0.15) is 0 Å². The third kappa shape index (κ3) is 1.70. The van der Waals surface area contributed by atoms with Crippen LogP contribution in [0, 0.1) is 13.8 Å². The van der Waals surface area contributed by atoms with Crippen molar-refractivity contribution in [2.24, 2.45) is 0 Å². The second kappa shape index (κ2) is 3.92. The summed E-state index contributed by atoms with van der Waals surface area (Å²) >= 11 is 1.69. The summed E-state index contributed by atoms with van der Waals surface area (Å²) in [7, 11) is 0. The van der Waals surface area contributed by atoms with Crippen molar-refractivity contribution in [1.29, 1.82) is 0 Å². The number of anilines is 1. The first-order chi connectivity index (χ1) is 8.16. The maximum Gasteiger partial charge on any atom is 0.137 e. The second-order valence-electron chi connectivity index (χ2n) is 4.49. The van der Waals surface area contributed by atoms with E-state index in [0.717, 1.165) is 29.1 Å². The van der Waals surface area contributed by atoms with Gasteiger partial charge in [-0.15, -0.1) is 11.3 Å². The zero-order chi connectivity index (χ0) is 12.0. The van der Waals surface area contributed by atoms with Crippen molar-refractivity contribution in [1.82, 2.24) is 9.97 Å². The molecule has 0 aromatic carbocycles. The number of rotatable bonds is 1. The Morgan fingerprint density at radius 1 is 1.35 bits per heavy atom. The van der Waals surface area contributed by atoms with Gasteiger partial charge in [-0.1, -0.05) is 0 Å². The Labute approximate surface area is 104 Å². The molecule has 4 nitrogen and oxygen atoms in total. The summed E-state index contributed by atoms with van der Waals surface area (Å²) in [6.45, 7) is 5.69. The number of hydrogen-bond donors (Lipinski definition) is 1. The van der Waals surface area contributed by atoms with E-state index in [1.165, 1.54) is 10.4 Å². The summed E-state index contributed by atoms with van der Waals surface area (Å²) in [5.74, 6) is 1.76. The van der Waals surface area contributed by atoms with Gasteiger partial charge in [-0.05, 0) is 25.8 Å². The van der Waals surface area contributed by atoms with Crippen LogP contribution in [0.25, 0.3) is 10.2 Å². The number of aromatic nitrogens is 2. The van der Waals surface area contributed by atoms with Crippen molar-refractivity contribution in [2.45, 2.75) is 26.2 Å². The lowest BCUT2D eigenvalue weighted by molar-refractivity contribution is 0.193. The smallest absolute Gasteiger partial charge is 0.137 e. The predicted molar refractivity (Wildman–Crippen MR) is 69.5 cm³/mol. The maximum absolute atomic E-state index is 6.05. The van der Waals surface area contributed by atoms with E-state index in [1.807, 2.05) is 0 Å². The lowest BCUT2D eigenvalue weighted by atomic mass is 10.1. The summed E-state index contributed by atoms with van der Waals surface area (Å²) < 4.78 is 5.37. The molecule has 0 bridgehead atoms. The Morgan fingerprint density at radius 3 is 2.88 bits per heavy atom. The number of hydrogen-bond acceptors (Lipinski definition) is 5. The fourth-order valence-corrected chi connectivity index (χ4v) is 3.26. The first kappa shape index (κ1) is 10.9. The average molecular weight is 249 g/mol. The highest BCUT2D eigenvalue weighted by Gasteiger charge is 2.22. The van der Waals surface area contributed by atoms with Crippen molar-refractivity contribution in [3.63, 3.8) is 0 Å². The van der Waals surface area contributed by atoms with Crippen LogP contribution in [0.3, 0.4) is 0 Å². The van der Waals surface area contributed by atoms with Crippen molar-refractivity contribution in [2.75, 3.05) is 18.9 Å². The third-order valence-corrected chi connectivity index (χ3v) is 4.47. The Kier molecular flexibility index (Phi) is 2.52. The first-order valence-corrected chi connectivity index (χ1v) is 6.59. The first-order valence-electron chi connectivity index (χ1n) is 5.77. The summed E-state index contributed by atoms with van der Waals surface area (Å²) in [6.07, 6.45) is 0.994. The molecule has 2 aromatic rings. The van der Waals surface area contributed by atoms with Crippen molar-refractivity contribution < 1.29 is 4.74 Å². The molecule has 1 unspecified atom stereocenters.